The molecule has 39 heavy (non-hydrogen) atoms. The van der Waals surface area contributed by atoms with Gasteiger partial charge < -0.3 is 15.3 Å². The maximum Gasteiger partial charge on any atom is 0.267 e. The van der Waals surface area contributed by atoms with Crippen LogP contribution in [0, 0.1) is 19.7 Å². The lowest BCUT2D eigenvalue weighted by atomic mass is 9.96. The fourth-order valence-corrected chi connectivity index (χ4v) is 5.35. The number of halogens is 1. The molecule has 1 fully saturated rings. The number of carbonyl (C=O) groups excluding carboxylic acids is 2. The average molecular weight is 535 g/mol. The van der Waals surface area contributed by atoms with Gasteiger partial charge in [-0.05, 0) is 94.5 Å². The zero-order valence-electron chi connectivity index (χ0n) is 22.9. The number of rotatable bonds is 7. The second-order valence-corrected chi connectivity index (χ2v) is 10.9. The van der Waals surface area contributed by atoms with E-state index in [9.17, 15) is 23.9 Å². The van der Waals surface area contributed by atoms with E-state index in [0.29, 0.717) is 41.6 Å². The predicted molar refractivity (Wildman–Crippen MR) is 146 cm³/mol. The molecule has 0 aliphatic carbocycles. The number of nitrogens with zero attached hydrogens (tertiary/aromatic N) is 2. The van der Waals surface area contributed by atoms with Gasteiger partial charge in [-0.3, -0.25) is 14.4 Å². The second-order valence-electron chi connectivity index (χ2n) is 10.9. The highest BCUT2D eigenvalue weighted by atomic mass is 19.1. The average Bonchev–Trinajstić information content (AvgIpc) is 3.33. The summed E-state index contributed by atoms with van der Waals surface area (Å²) in [7, 11) is 0. The summed E-state index contributed by atoms with van der Waals surface area (Å²) in [5, 5.41) is 20.0. The minimum absolute atomic E-state index is 0.253. The van der Waals surface area contributed by atoms with E-state index in [1.807, 2.05) is 6.92 Å². The molecule has 2 amide bonds. The summed E-state index contributed by atoms with van der Waals surface area (Å²) in [6.45, 7) is 8.59. The van der Waals surface area contributed by atoms with Gasteiger partial charge in [-0.15, -0.1) is 0 Å². The summed E-state index contributed by atoms with van der Waals surface area (Å²) in [6.07, 6.45) is 1.53. The highest BCUT2D eigenvalue weighted by molar-refractivity contribution is 5.97. The van der Waals surface area contributed by atoms with Gasteiger partial charge in [0.15, 0.2) is 0 Å². The van der Waals surface area contributed by atoms with Gasteiger partial charge in [0, 0.05) is 17.5 Å². The number of amides is 2. The predicted octanol–water partition coefficient (Wildman–Crippen LogP) is 3.74. The lowest BCUT2D eigenvalue weighted by Crippen LogP contribution is -2.54. The summed E-state index contributed by atoms with van der Waals surface area (Å²) >= 11 is 0. The number of hydrogen-bond acceptors (Lipinski definition) is 5. The molecular formula is C30H35FN4O4. The number of aryl methyl sites for hydroxylation is 2. The topological polar surface area (TPSA) is 115 Å². The van der Waals surface area contributed by atoms with Crippen molar-refractivity contribution in [3.63, 3.8) is 0 Å². The van der Waals surface area contributed by atoms with Crippen molar-refractivity contribution in [1.29, 1.82) is 0 Å². The largest absolute Gasteiger partial charge is 0.388 e. The van der Waals surface area contributed by atoms with Gasteiger partial charge in [0.05, 0.1) is 23.4 Å². The number of aromatic nitrogens is 2. The van der Waals surface area contributed by atoms with E-state index in [1.54, 1.807) is 69.0 Å². The number of nitrogens with one attached hydrogen (secondary N) is 2. The Morgan fingerprint density at radius 3 is 2.56 bits per heavy atom. The summed E-state index contributed by atoms with van der Waals surface area (Å²) in [6, 6.07) is 11.3. The molecule has 0 saturated carbocycles. The van der Waals surface area contributed by atoms with Crippen molar-refractivity contribution >= 4 is 11.8 Å². The molecule has 0 spiro atoms. The molecule has 4 rings (SSSR count). The van der Waals surface area contributed by atoms with Gasteiger partial charge in [-0.25, -0.2) is 9.49 Å². The molecule has 3 atom stereocenters. The van der Waals surface area contributed by atoms with Crippen LogP contribution in [0.15, 0.2) is 53.3 Å². The van der Waals surface area contributed by atoms with Gasteiger partial charge in [0.2, 0.25) is 5.91 Å². The third-order valence-electron chi connectivity index (χ3n) is 7.40. The Bertz CT molecular complexity index is 1450. The Morgan fingerprint density at radius 2 is 1.90 bits per heavy atom. The van der Waals surface area contributed by atoms with Crippen molar-refractivity contribution in [3.05, 3.63) is 98.2 Å². The monoisotopic (exact) mass is 534 g/mol. The smallest absolute Gasteiger partial charge is 0.267 e. The molecule has 3 N–H and O–H groups in total. The van der Waals surface area contributed by atoms with Crippen molar-refractivity contribution in [2.75, 3.05) is 0 Å². The van der Waals surface area contributed by atoms with E-state index >= 15 is 0 Å². The molecule has 2 heterocycles. The maximum absolute atomic E-state index is 14.0. The van der Waals surface area contributed by atoms with Crippen LogP contribution in [0.4, 0.5) is 4.39 Å². The number of likely N-dealkylation sites (tertiary alicyclic amines) is 1. The van der Waals surface area contributed by atoms with Gasteiger partial charge in [-0.2, -0.15) is 5.10 Å². The molecule has 1 aliphatic rings. The van der Waals surface area contributed by atoms with Gasteiger partial charge in [-0.1, -0.05) is 18.2 Å². The molecule has 0 bridgehead atoms. The Balaban J connectivity index is 1.51. The number of aliphatic hydroxyl groups is 1. The minimum Gasteiger partial charge on any atom is -0.388 e. The molecule has 8 nitrogen and oxygen atoms in total. The third kappa shape index (κ3) is 6.25. The first-order valence-corrected chi connectivity index (χ1v) is 13.1. The van der Waals surface area contributed by atoms with Gasteiger partial charge in [0.1, 0.15) is 11.9 Å². The van der Waals surface area contributed by atoms with Crippen LogP contribution >= 0.6 is 0 Å². The second kappa shape index (κ2) is 11.1. The van der Waals surface area contributed by atoms with Crippen molar-refractivity contribution < 1.29 is 19.1 Å². The Labute approximate surface area is 227 Å². The van der Waals surface area contributed by atoms with E-state index in [0.717, 1.165) is 11.1 Å². The molecule has 0 radical (unpaired) electrons. The molecule has 206 valence electrons. The fraction of sp³-hybridized carbons (Fsp3) is 0.400. The molecule has 1 unspecified atom stereocenters. The minimum atomic E-state index is -1.18. The molecule has 1 aromatic heterocycles. The number of benzene rings is 2. The maximum atomic E-state index is 14.0. The number of aromatic amines is 1. The summed E-state index contributed by atoms with van der Waals surface area (Å²) in [4.78, 5) is 40.5. The Hall–Kier alpha value is -3.85. The molecule has 3 aromatic rings. The SMILES string of the molecule is Cc1cc(Cc2ccc(C(=O)NC(C)C(=O)N3[C@H](c4cccc(F)c4)CC[C@@H]3C(C)(C)O)cc2C)c(=O)[nH]n1. The van der Waals surface area contributed by atoms with Crippen LogP contribution in [0.3, 0.4) is 0 Å². The summed E-state index contributed by atoms with van der Waals surface area (Å²) in [5.74, 6) is -1.15. The van der Waals surface area contributed by atoms with Crippen molar-refractivity contribution in [3.8, 4) is 0 Å². The fourth-order valence-electron chi connectivity index (χ4n) is 5.35. The van der Waals surface area contributed by atoms with Crippen LogP contribution in [0.2, 0.25) is 0 Å². The Kier molecular flexibility index (Phi) is 8.02. The van der Waals surface area contributed by atoms with Crippen LogP contribution in [0.1, 0.15) is 78.0 Å². The number of carbonyl (C=O) groups is 2. The zero-order valence-corrected chi connectivity index (χ0v) is 22.9. The van der Waals surface area contributed by atoms with Crippen molar-refractivity contribution in [2.24, 2.45) is 0 Å². The highest BCUT2D eigenvalue weighted by Gasteiger charge is 2.45. The van der Waals surface area contributed by atoms with Crippen LogP contribution in [-0.4, -0.2) is 49.7 Å². The first kappa shape index (κ1) is 28.2. The van der Waals surface area contributed by atoms with Crippen molar-refractivity contribution in [1.82, 2.24) is 20.4 Å². The van der Waals surface area contributed by atoms with E-state index in [2.05, 4.69) is 15.5 Å². The summed E-state index contributed by atoms with van der Waals surface area (Å²) in [5.41, 5.74) is 2.64. The first-order valence-electron chi connectivity index (χ1n) is 13.1. The first-order chi connectivity index (χ1) is 18.3. The lowest BCUT2D eigenvalue weighted by Gasteiger charge is -2.38. The number of H-pyrrole nitrogens is 1. The van der Waals surface area contributed by atoms with E-state index in [4.69, 9.17) is 0 Å². The van der Waals surface area contributed by atoms with E-state index in [1.165, 1.54) is 12.1 Å². The quantitative estimate of drug-likeness (QED) is 0.427. The summed E-state index contributed by atoms with van der Waals surface area (Å²) < 4.78 is 14.0. The van der Waals surface area contributed by atoms with E-state index < -0.39 is 35.5 Å². The van der Waals surface area contributed by atoms with Gasteiger partial charge in [0.25, 0.3) is 11.5 Å². The van der Waals surface area contributed by atoms with E-state index in [-0.39, 0.29) is 11.5 Å². The lowest BCUT2D eigenvalue weighted by molar-refractivity contribution is -0.141. The Morgan fingerprint density at radius 1 is 1.15 bits per heavy atom. The van der Waals surface area contributed by atoms with Crippen molar-refractivity contribution in [2.45, 2.75) is 77.6 Å². The van der Waals surface area contributed by atoms with Gasteiger partial charge >= 0.3 is 0 Å². The number of hydrogen-bond donors (Lipinski definition) is 3. The molecular weight excluding hydrogens is 499 g/mol. The third-order valence-corrected chi connectivity index (χ3v) is 7.40. The molecule has 9 heteroatoms. The van der Waals surface area contributed by atoms with Crippen LogP contribution in [0.25, 0.3) is 0 Å². The normalized spacial score (nSPS) is 18.2. The highest BCUT2D eigenvalue weighted by Crippen LogP contribution is 2.40. The standard InChI is InChI=1S/C30H35FN4O4/c1-17-13-22(10-9-20(17)15-23-14-18(2)33-34-28(23)37)27(36)32-19(3)29(38)35-25(11-12-26(35)30(4,5)39)21-7-6-8-24(31)16-21/h6-10,13-14,16,19,25-26,39H,11-12,15H2,1-5H3,(H,32,36)(H,34,37)/t19?,25-,26+/m0/s1. The molecule has 1 saturated heterocycles. The molecule has 1 aliphatic heterocycles. The van der Waals surface area contributed by atoms with Crippen LogP contribution in [-0.2, 0) is 11.2 Å². The zero-order chi connectivity index (χ0) is 28.5. The van der Waals surface area contributed by atoms with Crippen LogP contribution < -0.4 is 10.9 Å². The molecule has 2 aromatic carbocycles. The van der Waals surface area contributed by atoms with Crippen LogP contribution in [0.5, 0.6) is 0 Å².